The van der Waals surface area contributed by atoms with E-state index in [0.29, 0.717) is 26.2 Å². The monoisotopic (exact) mass is 305 g/mol. The highest BCUT2D eigenvalue weighted by Gasteiger charge is 2.22. The molecule has 0 radical (unpaired) electrons. The number of hydrogen-bond donors (Lipinski definition) is 1. The third kappa shape index (κ3) is 4.30. The number of aromatic nitrogens is 2. The van der Waals surface area contributed by atoms with Gasteiger partial charge in [-0.05, 0) is 18.8 Å². The van der Waals surface area contributed by atoms with Gasteiger partial charge in [0.15, 0.2) is 0 Å². The van der Waals surface area contributed by atoms with Gasteiger partial charge in [-0.25, -0.2) is 9.78 Å². The molecule has 2 aliphatic rings. The second-order valence-electron chi connectivity index (χ2n) is 5.79. The van der Waals surface area contributed by atoms with Gasteiger partial charge in [0, 0.05) is 51.7 Å². The highest BCUT2D eigenvalue weighted by Crippen LogP contribution is 2.28. The molecule has 2 heterocycles. The highest BCUT2D eigenvalue weighted by atomic mass is 16.5. The Bertz CT molecular complexity index is 472. The van der Waals surface area contributed by atoms with Crippen molar-refractivity contribution < 1.29 is 9.53 Å². The summed E-state index contributed by atoms with van der Waals surface area (Å²) in [5.41, 5.74) is 0. The molecule has 1 aliphatic carbocycles. The van der Waals surface area contributed by atoms with Gasteiger partial charge in [-0.1, -0.05) is 0 Å². The molecule has 1 N–H and O–H groups in total. The van der Waals surface area contributed by atoms with Crippen molar-refractivity contribution in [2.24, 2.45) is 5.92 Å². The quantitative estimate of drug-likeness (QED) is 0.785. The normalized spacial score (nSPS) is 18.4. The summed E-state index contributed by atoms with van der Waals surface area (Å²) in [5.74, 6) is 1.64. The van der Waals surface area contributed by atoms with E-state index in [9.17, 15) is 4.79 Å². The molecule has 1 aromatic rings. The Morgan fingerprint density at radius 1 is 1.27 bits per heavy atom. The number of nitrogens with one attached hydrogen (secondary N) is 1. The van der Waals surface area contributed by atoms with Gasteiger partial charge in [0.25, 0.3) is 0 Å². The molecule has 2 amide bonds. The van der Waals surface area contributed by atoms with Gasteiger partial charge in [0.2, 0.25) is 0 Å². The van der Waals surface area contributed by atoms with E-state index in [0.717, 1.165) is 31.4 Å². The predicted molar refractivity (Wildman–Crippen MR) is 82.8 cm³/mol. The highest BCUT2D eigenvalue weighted by molar-refractivity contribution is 5.74. The summed E-state index contributed by atoms with van der Waals surface area (Å²) in [5, 5.41) is 2.92. The van der Waals surface area contributed by atoms with Crippen LogP contribution in [0, 0.1) is 5.92 Å². The van der Waals surface area contributed by atoms with E-state index in [1.807, 2.05) is 4.90 Å². The van der Waals surface area contributed by atoms with Crippen molar-refractivity contribution >= 4 is 11.8 Å². The lowest BCUT2D eigenvalue weighted by Gasteiger charge is -2.35. The number of anilines is 1. The van der Waals surface area contributed by atoms with Crippen LogP contribution in [0.15, 0.2) is 18.6 Å². The molecule has 0 aromatic carbocycles. The van der Waals surface area contributed by atoms with Crippen molar-refractivity contribution in [2.45, 2.75) is 12.8 Å². The van der Waals surface area contributed by atoms with Gasteiger partial charge in [-0.3, -0.25) is 4.98 Å². The third-order valence-corrected chi connectivity index (χ3v) is 4.01. The zero-order valence-corrected chi connectivity index (χ0v) is 12.8. The first-order chi connectivity index (χ1) is 10.8. The van der Waals surface area contributed by atoms with E-state index in [1.165, 1.54) is 12.8 Å². The SMILES string of the molecule is O=C(NCCOCC1CC1)N1CCN(c2cnccn2)CC1. The van der Waals surface area contributed by atoms with Gasteiger partial charge in [-0.2, -0.15) is 0 Å². The maximum atomic E-state index is 12.1. The van der Waals surface area contributed by atoms with E-state index in [1.54, 1.807) is 18.6 Å². The van der Waals surface area contributed by atoms with Crippen molar-refractivity contribution in [2.75, 3.05) is 50.8 Å². The first kappa shape index (κ1) is 15.0. The molecule has 1 aromatic heterocycles. The smallest absolute Gasteiger partial charge is 0.317 e. The molecular formula is C15H23N5O2. The van der Waals surface area contributed by atoms with Gasteiger partial charge in [-0.15, -0.1) is 0 Å². The Morgan fingerprint density at radius 2 is 2.09 bits per heavy atom. The summed E-state index contributed by atoms with van der Waals surface area (Å²) in [6.45, 7) is 4.98. The molecule has 120 valence electrons. The van der Waals surface area contributed by atoms with Crippen molar-refractivity contribution in [1.29, 1.82) is 0 Å². The summed E-state index contributed by atoms with van der Waals surface area (Å²) in [4.78, 5) is 24.4. The summed E-state index contributed by atoms with van der Waals surface area (Å²) >= 11 is 0. The van der Waals surface area contributed by atoms with Gasteiger partial charge >= 0.3 is 6.03 Å². The molecule has 1 aliphatic heterocycles. The molecule has 2 fully saturated rings. The van der Waals surface area contributed by atoms with E-state index in [4.69, 9.17) is 4.74 Å². The Morgan fingerprint density at radius 3 is 2.77 bits per heavy atom. The molecule has 0 spiro atoms. The first-order valence-electron chi connectivity index (χ1n) is 7.94. The Kier molecular flexibility index (Phi) is 5.05. The molecule has 0 unspecified atom stereocenters. The second kappa shape index (κ2) is 7.40. The fraction of sp³-hybridized carbons (Fsp3) is 0.667. The molecule has 3 rings (SSSR count). The summed E-state index contributed by atoms with van der Waals surface area (Å²) in [6, 6.07) is -0.00572. The summed E-state index contributed by atoms with van der Waals surface area (Å²) < 4.78 is 5.51. The molecule has 0 bridgehead atoms. The number of hydrogen-bond acceptors (Lipinski definition) is 5. The number of urea groups is 1. The van der Waals surface area contributed by atoms with Crippen LogP contribution < -0.4 is 10.2 Å². The van der Waals surface area contributed by atoms with Crippen LogP contribution in [0.25, 0.3) is 0 Å². The maximum Gasteiger partial charge on any atom is 0.317 e. The van der Waals surface area contributed by atoms with E-state index in [-0.39, 0.29) is 6.03 Å². The molecular weight excluding hydrogens is 282 g/mol. The largest absolute Gasteiger partial charge is 0.379 e. The first-order valence-corrected chi connectivity index (χ1v) is 7.94. The van der Waals surface area contributed by atoms with Crippen LogP contribution in [0.5, 0.6) is 0 Å². The molecule has 22 heavy (non-hydrogen) atoms. The lowest BCUT2D eigenvalue weighted by molar-refractivity contribution is 0.124. The number of nitrogens with zero attached hydrogens (tertiary/aromatic N) is 4. The zero-order valence-electron chi connectivity index (χ0n) is 12.8. The van der Waals surface area contributed by atoms with Crippen molar-refractivity contribution in [1.82, 2.24) is 20.2 Å². The summed E-state index contributed by atoms with van der Waals surface area (Å²) in [6.07, 6.45) is 7.70. The van der Waals surface area contributed by atoms with Crippen molar-refractivity contribution in [3.8, 4) is 0 Å². The number of carbonyl (C=O) groups excluding carboxylic acids is 1. The zero-order chi connectivity index (χ0) is 15.2. The molecule has 7 nitrogen and oxygen atoms in total. The lowest BCUT2D eigenvalue weighted by atomic mass is 10.3. The van der Waals surface area contributed by atoms with Gasteiger partial charge in [0.05, 0.1) is 12.8 Å². The van der Waals surface area contributed by atoms with E-state index >= 15 is 0 Å². The van der Waals surface area contributed by atoms with Gasteiger partial charge < -0.3 is 19.9 Å². The Hall–Kier alpha value is -1.89. The van der Waals surface area contributed by atoms with E-state index in [2.05, 4.69) is 20.2 Å². The average Bonchev–Trinajstić information content (AvgIpc) is 3.40. The standard InChI is InChI=1S/C15H23N5O2/c21-15(18-5-10-22-12-13-1-2-13)20-8-6-19(7-9-20)14-11-16-3-4-17-14/h3-4,11,13H,1-2,5-10,12H2,(H,18,21). The Balaban J connectivity index is 1.32. The summed E-state index contributed by atoms with van der Waals surface area (Å²) in [7, 11) is 0. The molecule has 0 atom stereocenters. The number of rotatable bonds is 6. The number of carbonyl (C=O) groups is 1. The number of amides is 2. The van der Waals surface area contributed by atoms with Crippen molar-refractivity contribution in [3.63, 3.8) is 0 Å². The van der Waals surface area contributed by atoms with Crippen LogP contribution in [0.2, 0.25) is 0 Å². The molecule has 1 saturated heterocycles. The minimum absolute atomic E-state index is 0.00572. The maximum absolute atomic E-state index is 12.1. The second-order valence-corrected chi connectivity index (χ2v) is 5.79. The Labute approximate surface area is 130 Å². The van der Waals surface area contributed by atoms with Crippen molar-refractivity contribution in [3.05, 3.63) is 18.6 Å². The van der Waals surface area contributed by atoms with Crippen LogP contribution in [0.3, 0.4) is 0 Å². The predicted octanol–water partition coefficient (Wildman–Crippen LogP) is 0.735. The molecule has 7 heteroatoms. The fourth-order valence-corrected chi connectivity index (χ4v) is 2.47. The minimum Gasteiger partial charge on any atom is -0.379 e. The molecule has 1 saturated carbocycles. The van der Waals surface area contributed by atoms with Crippen LogP contribution in [0.1, 0.15) is 12.8 Å². The minimum atomic E-state index is -0.00572. The van der Waals surface area contributed by atoms with E-state index < -0.39 is 0 Å². The number of ether oxygens (including phenoxy) is 1. The average molecular weight is 305 g/mol. The van der Waals surface area contributed by atoms with Crippen LogP contribution in [0.4, 0.5) is 10.6 Å². The lowest BCUT2D eigenvalue weighted by Crippen LogP contribution is -2.52. The fourth-order valence-electron chi connectivity index (χ4n) is 2.47. The topological polar surface area (TPSA) is 70.6 Å². The van der Waals surface area contributed by atoms with Crippen LogP contribution in [-0.2, 0) is 4.74 Å². The number of piperazine rings is 1. The van der Waals surface area contributed by atoms with Crippen LogP contribution >= 0.6 is 0 Å². The third-order valence-electron chi connectivity index (χ3n) is 4.01. The van der Waals surface area contributed by atoms with Crippen LogP contribution in [-0.4, -0.2) is 66.8 Å². The van der Waals surface area contributed by atoms with Gasteiger partial charge in [0.1, 0.15) is 5.82 Å².